The minimum absolute atomic E-state index is 0.108. The highest BCUT2D eigenvalue weighted by Gasteiger charge is 2.39. The van der Waals surface area contributed by atoms with E-state index >= 15 is 0 Å². The van der Waals surface area contributed by atoms with Crippen molar-refractivity contribution in [2.45, 2.75) is 85.0 Å². The number of nitrogens with zero attached hydrogens (tertiary/aromatic N) is 1. The molecule has 0 amide bonds. The molecular weight excluding hydrogens is 837 g/mol. The second-order valence-corrected chi connectivity index (χ2v) is 19.4. The van der Waals surface area contributed by atoms with Crippen LogP contribution >= 0.6 is 0 Å². The lowest BCUT2D eigenvalue weighted by Crippen LogP contribution is -2.38. The Morgan fingerprint density at radius 2 is 0.970 bits per heavy atom. The van der Waals surface area contributed by atoms with Gasteiger partial charge in [-0.2, -0.15) is 0 Å². The molecule has 0 bridgehead atoms. The molecule has 0 spiro atoms. The van der Waals surface area contributed by atoms with Gasteiger partial charge in [-0.3, -0.25) is 10.1 Å². The molecule has 5 aromatic rings. The van der Waals surface area contributed by atoms with E-state index in [0.717, 1.165) is 38.8 Å². The molecule has 1 aliphatic heterocycles. The maximum Gasteiger partial charge on any atom is 0.336 e. The third-order valence-corrected chi connectivity index (χ3v) is 12.5. The number of allylic oxidation sites excluding steroid dienone is 2. The number of nitro benzene ring substituents is 1. The average Bonchev–Trinajstić information content (AvgIpc) is 3.33. The molecule has 0 saturated heterocycles. The molecular formula is C57H68N4O6. The smallest absolute Gasteiger partial charge is 0.336 e. The number of carbonyl (C=O) groups excluding carboxylic acids is 2. The van der Waals surface area contributed by atoms with Crippen molar-refractivity contribution in [1.82, 2.24) is 16.0 Å². The van der Waals surface area contributed by atoms with Crippen LogP contribution in [0, 0.1) is 20.9 Å². The average molecular weight is 905 g/mol. The summed E-state index contributed by atoms with van der Waals surface area (Å²) in [5.41, 5.74) is 6.02. The molecule has 10 heteroatoms. The van der Waals surface area contributed by atoms with Crippen molar-refractivity contribution in [3.05, 3.63) is 206 Å². The molecule has 67 heavy (non-hydrogen) atoms. The number of nitro groups is 1. The minimum Gasteiger partial charge on any atom is -0.462 e. The van der Waals surface area contributed by atoms with Gasteiger partial charge >= 0.3 is 11.9 Å². The molecule has 0 aromatic heterocycles. The molecule has 0 unspecified atom stereocenters. The lowest BCUT2D eigenvalue weighted by molar-refractivity contribution is -0.384. The van der Waals surface area contributed by atoms with Gasteiger partial charge in [0.2, 0.25) is 0 Å². The quantitative estimate of drug-likeness (QED) is 0.0240. The van der Waals surface area contributed by atoms with Crippen molar-refractivity contribution in [2.24, 2.45) is 10.8 Å². The van der Waals surface area contributed by atoms with Crippen LogP contribution in [0.1, 0.15) is 113 Å². The van der Waals surface area contributed by atoms with Gasteiger partial charge in [0.15, 0.2) is 0 Å². The summed E-state index contributed by atoms with van der Waals surface area (Å²) in [6.45, 7) is 14.7. The second kappa shape index (κ2) is 23.9. The van der Waals surface area contributed by atoms with E-state index in [9.17, 15) is 19.7 Å². The fourth-order valence-corrected chi connectivity index (χ4v) is 8.97. The summed E-state index contributed by atoms with van der Waals surface area (Å²) >= 11 is 0. The van der Waals surface area contributed by atoms with Gasteiger partial charge in [0, 0.05) is 59.3 Å². The molecule has 6 rings (SSSR count). The number of nitrogens with one attached hydrogen (secondary N) is 3. The van der Waals surface area contributed by atoms with Gasteiger partial charge < -0.3 is 25.4 Å². The van der Waals surface area contributed by atoms with Crippen LogP contribution in [0.4, 0.5) is 5.69 Å². The number of hydrogen-bond donors (Lipinski definition) is 3. The molecule has 0 fully saturated rings. The Hall–Kier alpha value is -6.36. The van der Waals surface area contributed by atoms with Crippen molar-refractivity contribution in [2.75, 3.05) is 39.4 Å². The van der Waals surface area contributed by atoms with Crippen LogP contribution in [0.3, 0.4) is 0 Å². The Labute approximate surface area is 397 Å². The molecule has 352 valence electrons. The van der Waals surface area contributed by atoms with Crippen LogP contribution in [0.2, 0.25) is 0 Å². The van der Waals surface area contributed by atoms with Gasteiger partial charge in [-0.05, 0) is 80.4 Å². The number of benzene rings is 5. The Kier molecular flexibility index (Phi) is 17.9. The van der Waals surface area contributed by atoms with E-state index in [4.69, 9.17) is 9.47 Å². The molecule has 0 saturated carbocycles. The Balaban J connectivity index is 1.06. The largest absolute Gasteiger partial charge is 0.462 e. The molecule has 5 aromatic carbocycles. The topological polar surface area (TPSA) is 132 Å². The number of esters is 2. The predicted octanol–water partition coefficient (Wildman–Crippen LogP) is 11.4. The highest BCUT2D eigenvalue weighted by atomic mass is 16.6. The first kappa shape index (κ1) is 50.1. The van der Waals surface area contributed by atoms with E-state index < -0.39 is 33.6 Å². The monoisotopic (exact) mass is 905 g/mol. The van der Waals surface area contributed by atoms with Gasteiger partial charge in [0.05, 0.1) is 35.2 Å². The summed E-state index contributed by atoms with van der Waals surface area (Å²) in [5.74, 6) is -1.59. The first-order valence-electron chi connectivity index (χ1n) is 23.6. The summed E-state index contributed by atoms with van der Waals surface area (Å²) in [6, 6.07) is 48.4. The van der Waals surface area contributed by atoms with Gasteiger partial charge in [0.25, 0.3) is 5.69 Å². The summed E-state index contributed by atoms with van der Waals surface area (Å²) in [4.78, 5) is 40.1. The summed E-state index contributed by atoms with van der Waals surface area (Å²) in [7, 11) is 0. The second-order valence-electron chi connectivity index (χ2n) is 19.4. The van der Waals surface area contributed by atoms with E-state index in [0.29, 0.717) is 41.9 Å². The number of rotatable bonds is 24. The molecule has 1 heterocycles. The summed E-state index contributed by atoms with van der Waals surface area (Å²) < 4.78 is 12.1. The number of dihydropyridines is 1. The van der Waals surface area contributed by atoms with Gasteiger partial charge in [-0.25, -0.2) is 9.59 Å². The van der Waals surface area contributed by atoms with Crippen LogP contribution in [0.5, 0.6) is 0 Å². The van der Waals surface area contributed by atoms with Crippen molar-refractivity contribution in [3.8, 4) is 0 Å². The maximum absolute atomic E-state index is 14.3. The Bertz CT molecular complexity index is 2230. The predicted molar refractivity (Wildman–Crippen MR) is 268 cm³/mol. The molecule has 10 nitrogen and oxygen atoms in total. The first-order chi connectivity index (χ1) is 32.2. The number of non-ortho nitro benzene ring substituents is 1. The van der Waals surface area contributed by atoms with E-state index in [-0.39, 0.29) is 30.0 Å². The minimum atomic E-state index is -0.965. The molecule has 0 aliphatic carbocycles. The zero-order valence-corrected chi connectivity index (χ0v) is 40.1. The van der Waals surface area contributed by atoms with Crippen molar-refractivity contribution >= 4 is 17.6 Å². The highest BCUT2D eigenvalue weighted by molar-refractivity contribution is 6.00. The van der Waals surface area contributed by atoms with Crippen molar-refractivity contribution in [1.29, 1.82) is 0 Å². The van der Waals surface area contributed by atoms with E-state index in [1.54, 1.807) is 26.0 Å². The lowest BCUT2D eigenvalue weighted by Gasteiger charge is -2.32. The van der Waals surface area contributed by atoms with Gasteiger partial charge in [-0.1, -0.05) is 161 Å². The molecule has 1 aliphatic rings. The fraction of sp³-hybridized carbons (Fsp3) is 0.368. The number of ether oxygens (including phenoxy) is 2. The number of hydrogen-bond acceptors (Lipinski definition) is 9. The van der Waals surface area contributed by atoms with E-state index in [2.05, 4.69) is 113 Å². The first-order valence-corrected chi connectivity index (χ1v) is 23.6. The highest BCUT2D eigenvalue weighted by Crippen LogP contribution is 2.41. The van der Waals surface area contributed by atoms with E-state index in [1.165, 1.54) is 34.4 Å². The van der Waals surface area contributed by atoms with Crippen LogP contribution in [-0.4, -0.2) is 56.3 Å². The maximum atomic E-state index is 14.3. The SMILES string of the molecule is CC1=C(C(=O)OCC(C)(C)CNCCCC(c2ccccc2)c2ccccc2)C(c2cccc([N+](=O)[O-])c2)C(C(=O)OCC(C)(C)CNCCCC(c2ccccc2)c2ccccc2)=C(C)N1. The van der Waals surface area contributed by atoms with Gasteiger partial charge in [0.1, 0.15) is 0 Å². The zero-order chi connectivity index (χ0) is 47.8. The Morgan fingerprint density at radius 3 is 1.33 bits per heavy atom. The normalized spacial score (nSPS) is 13.5. The number of carbonyl (C=O) groups is 2. The Morgan fingerprint density at radius 1 is 0.597 bits per heavy atom. The van der Waals surface area contributed by atoms with E-state index in [1.807, 2.05) is 52.0 Å². The van der Waals surface area contributed by atoms with Crippen LogP contribution < -0.4 is 16.0 Å². The standard InChI is InChI=1S/C57H68N4O6/c1-41-51(54(62)66-39-56(3,4)37-58-34-20-32-49(43-22-11-7-12-23-43)44-24-13-8-14-25-44)53(47-30-19-31-48(36-47)61(64)65)52(42(2)60-41)55(63)67-40-57(5,6)38-59-35-21-33-50(45-26-15-9-16-27-45)46-28-17-10-18-29-46/h7-19,22-31,36,49-50,53,58-60H,20-21,32-35,37-40H2,1-6H3. The molecule has 0 atom stereocenters. The van der Waals surface area contributed by atoms with Gasteiger partial charge in [-0.15, -0.1) is 0 Å². The third kappa shape index (κ3) is 14.3. The van der Waals surface area contributed by atoms with Crippen LogP contribution in [-0.2, 0) is 19.1 Å². The van der Waals surface area contributed by atoms with Crippen LogP contribution in [0.15, 0.2) is 168 Å². The molecule has 3 N–H and O–H groups in total. The van der Waals surface area contributed by atoms with Crippen molar-refractivity contribution in [3.63, 3.8) is 0 Å². The van der Waals surface area contributed by atoms with Crippen molar-refractivity contribution < 1.29 is 24.0 Å². The summed E-state index contributed by atoms with van der Waals surface area (Å²) in [5, 5.41) is 22.4. The zero-order valence-electron chi connectivity index (χ0n) is 40.1. The summed E-state index contributed by atoms with van der Waals surface area (Å²) in [6.07, 6.45) is 3.87. The molecule has 0 radical (unpaired) electrons. The lowest BCUT2D eigenvalue weighted by atomic mass is 9.80. The third-order valence-electron chi connectivity index (χ3n) is 12.5. The fourth-order valence-electron chi connectivity index (χ4n) is 8.97. The van der Waals surface area contributed by atoms with Crippen LogP contribution in [0.25, 0.3) is 0 Å².